The van der Waals surface area contributed by atoms with Crippen molar-refractivity contribution in [3.05, 3.63) is 36.2 Å². The van der Waals surface area contributed by atoms with Crippen LogP contribution in [0.5, 0.6) is 11.5 Å². The van der Waals surface area contributed by atoms with Crippen molar-refractivity contribution in [3.63, 3.8) is 0 Å². The van der Waals surface area contributed by atoms with Crippen molar-refractivity contribution in [2.75, 3.05) is 32.7 Å². The van der Waals surface area contributed by atoms with E-state index >= 15 is 0 Å². The third kappa shape index (κ3) is 4.26. The molecule has 7 heteroatoms. The first kappa shape index (κ1) is 16.3. The molecule has 1 aromatic carbocycles. The summed E-state index contributed by atoms with van der Waals surface area (Å²) in [6.07, 6.45) is 4.58. The minimum Gasteiger partial charge on any atom is -0.454 e. The number of nitrogens with one attached hydrogen (secondary N) is 1. The summed E-state index contributed by atoms with van der Waals surface area (Å²) in [6, 6.07) is 5.76. The fraction of sp³-hybridized carbons (Fsp3) is 0.412. The Labute approximate surface area is 141 Å². The lowest BCUT2D eigenvalue weighted by atomic mass is 10.1. The van der Waals surface area contributed by atoms with Crippen LogP contribution in [0.1, 0.15) is 12.0 Å². The van der Waals surface area contributed by atoms with Crippen molar-refractivity contribution in [2.45, 2.75) is 19.4 Å². The van der Waals surface area contributed by atoms with Crippen molar-refractivity contribution >= 4 is 11.6 Å². The Kier molecular flexibility index (Phi) is 5.00. The van der Waals surface area contributed by atoms with E-state index in [4.69, 9.17) is 9.47 Å². The molecular formula is C17H22N4O3. The largest absolute Gasteiger partial charge is 0.454 e. The lowest BCUT2D eigenvalue weighted by Crippen LogP contribution is -2.18. The zero-order chi connectivity index (χ0) is 16.9. The Bertz CT molecular complexity index is 712. The maximum Gasteiger partial charge on any atom is 0.231 e. The molecule has 1 amide bonds. The Hall–Kier alpha value is -2.54. The van der Waals surface area contributed by atoms with Crippen LogP contribution in [0.25, 0.3) is 0 Å². The Morgan fingerprint density at radius 1 is 1.33 bits per heavy atom. The van der Waals surface area contributed by atoms with Crippen LogP contribution in [0.3, 0.4) is 0 Å². The van der Waals surface area contributed by atoms with E-state index in [-0.39, 0.29) is 12.7 Å². The number of carbonyl (C=O) groups is 1. The van der Waals surface area contributed by atoms with Crippen LogP contribution in [-0.4, -0.2) is 48.0 Å². The molecule has 24 heavy (non-hydrogen) atoms. The van der Waals surface area contributed by atoms with Gasteiger partial charge in [0.05, 0.1) is 18.4 Å². The molecular weight excluding hydrogens is 308 g/mol. The molecule has 1 N–H and O–H groups in total. The third-order valence-electron chi connectivity index (χ3n) is 3.77. The average molecular weight is 330 g/mol. The van der Waals surface area contributed by atoms with E-state index in [0.29, 0.717) is 12.8 Å². The van der Waals surface area contributed by atoms with Gasteiger partial charge in [-0.15, -0.1) is 0 Å². The van der Waals surface area contributed by atoms with Gasteiger partial charge in [0.25, 0.3) is 0 Å². The molecule has 0 fully saturated rings. The van der Waals surface area contributed by atoms with Crippen molar-refractivity contribution in [1.82, 2.24) is 14.7 Å². The van der Waals surface area contributed by atoms with Crippen molar-refractivity contribution in [3.8, 4) is 11.5 Å². The predicted octanol–water partition coefficient (Wildman–Crippen LogP) is 1.74. The van der Waals surface area contributed by atoms with Gasteiger partial charge in [0.1, 0.15) is 0 Å². The van der Waals surface area contributed by atoms with Crippen LogP contribution in [0.4, 0.5) is 5.69 Å². The molecule has 3 rings (SSSR count). The molecule has 7 nitrogen and oxygen atoms in total. The summed E-state index contributed by atoms with van der Waals surface area (Å²) in [7, 11) is 4.03. The maximum atomic E-state index is 12.1. The molecule has 0 bridgehead atoms. The minimum atomic E-state index is -0.0279. The second-order valence-corrected chi connectivity index (χ2v) is 6.03. The first-order chi connectivity index (χ1) is 11.6. The van der Waals surface area contributed by atoms with Crippen LogP contribution in [-0.2, 0) is 17.8 Å². The highest BCUT2D eigenvalue weighted by atomic mass is 16.7. The number of benzene rings is 1. The van der Waals surface area contributed by atoms with Crippen molar-refractivity contribution in [2.24, 2.45) is 0 Å². The summed E-state index contributed by atoms with van der Waals surface area (Å²) in [5.74, 6) is 1.48. The molecule has 128 valence electrons. The molecule has 0 aliphatic carbocycles. The van der Waals surface area contributed by atoms with Gasteiger partial charge in [-0.25, -0.2) is 0 Å². The molecule has 2 heterocycles. The van der Waals surface area contributed by atoms with Gasteiger partial charge >= 0.3 is 0 Å². The standard InChI is InChI=1S/C17H22N4O3/c1-20(2)7-8-21-11-14(10-18-21)19-17(22)6-4-13-3-5-15-16(9-13)24-12-23-15/h3,5,9-11H,4,6-8,12H2,1-2H3,(H,19,22). The number of anilines is 1. The second kappa shape index (κ2) is 7.35. The lowest BCUT2D eigenvalue weighted by Gasteiger charge is -2.08. The fourth-order valence-electron chi connectivity index (χ4n) is 2.43. The average Bonchev–Trinajstić information content (AvgIpc) is 3.19. The topological polar surface area (TPSA) is 68.6 Å². The highest BCUT2D eigenvalue weighted by Gasteiger charge is 2.13. The summed E-state index contributed by atoms with van der Waals surface area (Å²) in [5, 5.41) is 7.12. The summed E-state index contributed by atoms with van der Waals surface area (Å²) >= 11 is 0. The number of hydrogen-bond acceptors (Lipinski definition) is 5. The molecule has 1 aromatic heterocycles. The molecule has 0 saturated carbocycles. The molecule has 0 spiro atoms. The molecule has 0 saturated heterocycles. The SMILES string of the molecule is CN(C)CCn1cc(NC(=O)CCc2ccc3c(c2)OCO3)cn1. The Balaban J connectivity index is 1.47. The van der Waals surface area contributed by atoms with E-state index in [9.17, 15) is 4.79 Å². The van der Waals surface area contributed by atoms with Gasteiger partial charge in [0.15, 0.2) is 11.5 Å². The van der Waals surface area contributed by atoms with Crippen molar-refractivity contribution < 1.29 is 14.3 Å². The van der Waals surface area contributed by atoms with Gasteiger partial charge in [0, 0.05) is 19.2 Å². The van der Waals surface area contributed by atoms with Gasteiger partial charge in [-0.05, 0) is 38.2 Å². The number of aryl methyl sites for hydroxylation is 1. The third-order valence-corrected chi connectivity index (χ3v) is 3.77. The Morgan fingerprint density at radius 3 is 3.00 bits per heavy atom. The number of aromatic nitrogens is 2. The fourth-order valence-corrected chi connectivity index (χ4v) is 2.43. The zero-order valence-corrected chi connectivity index (χ0v) is 14.0. The lowest BCUT2D eigenvalue weighted by molar-refractivity contribution is -0.116. The van der Waals surface area contributed by atoms with E-state index < -0.39 is 0 Å². The first-order valence-electron chi connectivity index (χ1n) is 7.96. The van der Waals surface area contributed by atoms with Gasteiger partial charge < -0.3 is 19.7 Å². The van der Waals surface area contributed by atoms with Crippen molar-refractivity contribution in [1.29, 1.82) is 0 Å². The molecule has 0 unspecified atom stereocenters. The summed E-state index contributed by atoms with van der Waals surface area (Å²) < 4.78 is 12.5. The molecule has 1 aliphatic rings. The highest BCUT2D eigenvalue weighted by molar-refractivity contribution is 5.90. The van der Waals surface area contributed by atoms with E-state index in [1.807, 2.05) is 43.2 Å². The van der Waals surface area contributed by atoms with E-state index in [2.05, 4.69) is 15.3 Å². The van der Waals surface area contributed by atoms with E-state index in [1.54, 1.807) is 6.20 Å². The number of fused-ring (bicyclic) bond motifs is 1. The summed E-state index contributed by atoms with van der Waals surface area (Å²) in [4.78, 5) is 14.2. The number of likely N-dealkylation sites (N-methyl/N-ethyl adjacent to an activating group) is 1. The number of ether oxygens (including phenoxy) is 2. The highest BCUT2D eigenvalue weighted by Crippen LogP contribution is 2.32. The van der Waals surface area contributed by atoms with E-state index in [1.165, 1.54) is 0 Å². The smallest absolute Gasteiger partial charge is 0.231 e. The van der Waals surface area contributed by atoms with Gasteiger partial charge in [0.2, 0.25) is 12.7 Å². The molecule has 0 radical (unpaired) electrons. The zero-order valence-electron chi connectivity index (χ0n) is 14.0. The number of amides is 1. The van der Waals surface area contributed by atoms with Gasteiger partial charge in [-0.2, -0.15) is 5.10 Å². The van der Waals surface area contributed by atoms with Crippen LogP contribution in [0.2, 0.25) is 0 Å². The molecule has 0 atom stereocenters. The van der Waals surface area contributed by atoms with Crippen LogP contribution in [0, 0.1) is 0 Å². The maximum absolute atomic E-state index is 12.1. The first-order valence-corrected chi connectivity index (χ1v) is 7.96. The van der Waals surface area contributed by atoms with Crippen LogP contribution in [0.15, 0.2) is 30.6 Å². The number of rotatable bonds is 7. The number of nitrogens with zero attached hydrogens (tertiary/aromatic N) is 3. The van der Waals surface area contributed by atoms with Gasteiger partial charge in [-0.1, -0.05) is 6.07 Å². The quantitative estimate of drug-likeness (QED) is 0.837. The number of hydrogen-bond donors (Lipinski definition) is 1. The second-order valence-electron chi connectivity index (χ2n) is 6.03. The van der Waals surface area contributed by atoms with Crippen LogP contribution < -0.4 is 14.8 Å². The molecule has 1 aliphatic heterocycles. The summed E-state index contributed by atoms with van der Waals surface area (Å²) in [5.41, 5.74) is 1.78. The summed E-state index contributed by atoms with van der Waals surface area (Å²) in [6.45, 7) is 1.95. The normalized spacial score (nSPS) is 12.6. The van der Waals surface area contributed by atoms with E-state index in [0.717, 1.165) is 35.8 Å². The molecule has 2 aromatic rings. The Morgan fingerprint density at radius 2 is 2.17 bits per heavy atom. The monoisotopic (exact) mass is 330 g/mol. The predicted molar refractivity (Wildman–Crippen MR) is 90.3 cm³/mol. The van der Waals surface area contributed by atoms with Crippen LogP contribution >= 0.6 is 0 Å². The van der Waals surface area contributed by atoms with Gasteiger partial charge in [-0.3, -0.25) is 9.48 Å². The number of carbonyl (C=O) groups excluding carboxylic acids is 1. The minimum absolute atomic E-state index is 0.0279.